The summed E-state index contributed by atoms with van der Waals surface area (Å²) in [5, 5.41) is 23.6. The van der Waals surface area contributed by atoms with Crippen molar-refractivity contribution < 1.29 is 14.8 Å². The summed E-state index contributed by atoms with van der Waals surface area (Å²) in [5.74, 6) is 2.40. The molecule has 25 nitrogen and oxygen atoms in total. The summed E-state index contributed by atoms with van der Waals surface area (Å²) in [6.45, 7) is 9.93. The zero-order valence-corrected chi connectivity index (χ0v) is 52.6. The number of aliphatic hydroxyl groups is 1. The SMILES string of the molecule is C.C.CCO.CCc1c(-c2cc(Nc3cn(C)cn3)c(=O)n(C)c2)ccnc1N1CCn2c(cc3c2CC(C)(C)C3)C1=O.Cn1cc(Br)cc(Br)c1=O.Cn1cnc(N)c1.Cn1cnc(Nc2cc(Br)cn(C)c2=O)c1.Cn1cnc([N+](=O)[O-])c1. The van der Waals surface area contributed by atoms with E-state index in [1.165, 1.54) is 37.5 Å². The summed E-state index contributed by atoms with van der Waals surface area (Å²) in [6, 6.07) is 9.36. The third-order valence-electron chi connectivity index (χ3n) is 12.6. The van der Waals surface area contributed by atoms with E-state index in [9.17, 15) is 29.3 Å². The number of carbonyl (C=O) groups excluding carboxylic acids is 1. The van der Waals surface area contributed by atoms with E-state index < -0.39 is 4.92 Å². The van der Waals surface area contributed by atoms with E-state index in [0.29, 0.717) is 52.1 Å². The Morgan fingerprint density at radius 1 is 0.671 bits per heavy atom. The van der Waals surface area contributed by atoms with Gasteiger partial charge in [-0.3, -0.25) is 24.1 Å². The van der Waals surface area contributed by atoms with Gasteiger partial charge in [0.05, 0.1) is 23.5 Å². The molecule has 11 rings (SSSR count). The first-order chi connectivity index (χ1) is 39.2. The van der Waals surface area contributed by atoms with E-state index in [1.807, 2.05) is 59.7 Å². The first-order valence-corrected chi connectivity index (χ1v) is 28.2. The predicted octanol–water partition coefficient (Wildman–Crippen LogP) is 9.21. The number of hydrogen-bond acceptors (Lipinski definition) is 15. The maximum atomic E-state index is 13.8. The van der Waals surface area contributed by atoms with Crippen LogP contribution in [0.5, 0.6) is 0 Å². The number of pyridine rings is 4. The molecule has 28 heteroatoms. The van der Waals surface area contributed by atoms with Gasteiger partial charge in [-0.1, -0.05) is 35.6 Å². The van der Waals surface area contributed by atoms with Crippen molar-refractivity contribution in [2.75, 3.05) is 34.4 Å². The molecule has 2 aliphatic rings. The third-order valence-corrected chi connectivity index (χ3v) is 14.0. The fourth-order valence-electron chi connectivity index (χ4n) is 8.94. The smallest absolute Gasteiger partial charge is 0.381 e. The number of aliphatic hydroxyl groups excluding tert-OH is 1. The number of nitrogens with one attached hydrogen (secondary N) is 2. The van der Waals surface area contributed by atoms with Crippen LogP contribution in [0.2, 0.25) is 0 Å². The van der Waals surface area contributed by atoms with Gasteiger partial charge in [0, 0.05) is 138 Å². The molecule has 0 unspecified atom stereocenters. The molecule has 0 spiro atoms. The second kappa shape index (κ2) is 30.6. The lowest BCUT2D eigenvalue weighted by Crippen LogP contribution is -2.41. The van der Waals surface area contributed by atoms with Crippen molar-refractivity contribution in [2.24, 2.45) is 54.7 Å². The second-order valence-electron chi connectivity index (χ2n) is 20.1. The third kappa shape index (κ3) is 18.1. The Morgan fingerprint density at radius 2 is 1.19 bits per heavy atom. The highest BCUT2D eigenvalue weighted by Gasteiger charge is 2.37. The lowest BCUT2D eigenvalue weighted by Gasteiger charge is -2.31. The molecule has 0 fully saturated rings. The number of aryl methyl sites for hydroxylation is 7. The molecule has 0 saturated heterocycles. The van der Waals surface area contributed by atoms with Crippen LogP contribution in [0.4, 0.5) is 40.5 Å². The molecule has 5 N–H and O–H groups in total. The number of amides is 1. The van der Waals surface area contributed by atoms with Crippen LogP contribution in [0.3, 0.4) is 0 Å². The highest BCUT2D eigenvalue weighted by Crippen LogP contribution is 2.40. The number of halogens is 3. The molecule has 10 heterocycles. The van der Waals surface area contributed by atoms with E-state index in [2.05, 4.69) is 110 Å². The monoisotopic (exact) mass is 1360 g/mol. The Bertz CT molecular complexity index is 3880. The van der Waals surface area contributed by atoms with Crippen molar-refractivity contribution in [1.82, 2.24) is 61.5 Å². The van der Waals surface area contributed by atoms with Gasteiger partial charge in [0.15, 0.2) is 0 Å². The summed E-state index contributed by atoms with van der Waals surface area (Å²) in [6.07, 6.45) is 22.9. The van der Waals surface area contributed by atoms with Crippen LogP contribution in [0, 0.1) is 15.5 Å². The van der Waals surface area contributed by atoms with E-state index in [0.717, 1.165) is 50.7 Å². The molecule has 85 heavy (non-hydrogen) atoms. The zero-order valence-electron chi connectivity index (χ0n) is 47.9. The summed E-state index contributed by atoms with van der Waals surface area (Å²) < 4.78 is 16.1. The van der Waals surface area contributed by atoms with Gasteiger partial charge in [0.2, 0.25) is 6.33 Å². The van der Waals surface area contributed by atoms with E-state index in [1.54, 1.807) is 106 Å². The molecule has 1 aliphatic carbocycles. The number of rotatable bonds is 8. The maximum Gasteiger partial charge on any atom is 0.381 e. The average molecular weight is 1360 g/mol. The van der Waals surface area contributed by atoms with E-state index >= 15 is 0 Å². The molecule has 0 aromatic carbocycles. The maximum absolute atomic E-state index is 13.8. The van der Waals surface area contributed by atoms with Crippen molar-refractivity contribution >= 4 is 94.2 Å². The lowest BCUT2D eigenvalue weighted by molar-refractivity contribution is -0.389. The zero-order chi connectivity index (χ0) is 61.0. The molecule has 0 radical (unpaired) electrons. The van der Waals surface area contributed by atoms with Gasteiger partial charge in [-0.05, 0) is 131 Å². The molecule has 456 valence electrons. The van der Waals surface area contributed by atoms with Gasteiger partial charge in [0.25, 0.3) is 22.6 Å². The molecular formula is C57H75Br3N18O7. The fourth-order valence-corrected chi connectivity index (χ4v) is 10.8. The Labute approximate surface area is 518 Å². The van der Waals surface area contributed by atoms with Crippen molar-refractivity contribution in [1.29, 1.82) is 0 Å². The average Bonchev–Trinajstić information content (AvgIpc) is 2.53. The Kier molecular flexibility index (Phi) is 24.9. The van der Waals surface area contributed by atoms with Crippen LogP contribution in [0.1, 0.15) is 69.9 Å². The lowest BCUT2D eigenvalue weighted by atomic mass is 9.90. The summed E-state index contributed by atoms with van der Waals surface area (Å²) >= 11 is 9.73. The van der Waals surface area contributed by atoms with Crippen molar-refractivity contribution in [3.63, 3.8) is 0 Å². The van der Waals surface area contributed by atoms with Crippen LogP contribution in [-0.2, 0) is 75.1 Å². The second-order valence-corrected chi connectivity index (χ2v) is 22.8. The number of aromatic nitrogens is 13. The molecule has 0 saturated carbocycles. The highest BCUT2D eigenvalue weighted by molar-refractivity contribution is 9.11. The molecule has 1 amide bonds. The molecule has 0 bridgehead atoms. The standard InChI is InChI=1S/C29H33N7O2.C10H11BrN4O.C6H5Br2NO.C4H5N3O2.C4H7N3.C2H6O.2CH4/c1-6-20-21(19-11-22(27(37)34(5)15-19)32-25-16-33(4)17-31-25)7-8-30-26(20)36-10-9-35-23(28(36)38)12-18-13-29(2,3)14-24(18)35;1-14-5-9(12-6-14)13-8-3-7(11)4-15(2)10(8)16;1-9-3-4(7)2-5(8)6(9)10;1-6-2-4(5-3-6)7(8)9;1-7-2-4(5)6-3-7;1-2-3;;/h7-8,11-12,15-17,32H,6,9-10,13-14H2,1-5H3;3-6,13H,1-2H3;2-3H,1H3;2-3H,1H3;2-3H,5H2,1H3;3H,2H2,1H3;2*1H4. The number of anilines is 6. The normalized spacial score (nSPS) is 12.3. The van der Waals surface area contributed by atoms with Crippen LogP contribution in [0.25, 0.3) is 11.1 Å². The fraction of sp³-hybridized carbons (Fsp3) is 0.351. The minimum atomic E-state index is -0.528. The Balaban J connectivity index is 0.000000269. The Hall–Kier alpha value is -8.21. The topological polar surface area (TPSA) is 289 Å². The van der Waals surface area contributed by atoms with Crippen LogP contribution in [0.15, 0.2) is 133 Å². The largest absolute Gasteiger partial charge is 0.397 e. The molecular weight excluding hydrogens is 1290 g/mol. The van der Waals surface area contributed by atoms with Crippen LogP contribution >= 0.6 is 47.8 Å². The number of hydrogen-bond donors (Lipinski definition) is 4. The van der Waals surface area contributed by atoms with Gasteiger partial charge >= 0.3 is 5.82 Å². The number of nitro groups is 1. The van der Waals surface area contributed by atoms with Crippen molar-refractivity contribution in [2.45, 2.75) is 68.4 Å². The Morgan fingerprint density at radius 3 is 1.66 bits per heavy atom. The molecule has 9 aromatic heterocycles. The molecule has 0 atom stereocenters. The number of nitrogen functional groups attached to an aromatic ring is 1. The van der Waals surface area contributed by atoms with Gasteiger partial charge in [-0.15, -0.1) is 0 Å². The van der Waals surface area contributed by atoms with Crippen molar-refractivity contribution in [3.8, 4) is 11.1 Å². The minimum absolute atomic E-state index is 0. The van der Waals surface area contributed by atoms with Crippen molar-refractivity contribution in [3.05, 3.63) is 182 Å². The predicted molar refractivity (Wildman–Crippen MR) is 345 cm³/mol. The number of fused-ring (bicyclic) bond motifs is 3. The molecule has 1 aliphatic heterocycles. The number of carbonyl (C=O) groups is 1. The first-order valence-electron chi connectivity index (χ1n) is 25.8. The molecule has 9 aromatic rings. The van der Waals surface area contributed by atoms with Gasteiger partial charge < -0.3 is 68.1 Å². The van der Waals surface area contributed by atoms with Crippen LogP contribution in [-0.4, -0.2) is 90.5 Å². The minimum Gasteiger partial charge on any atom is -0.397 e. The number of nitrogens with zero attached hydrogens (tertiary/aromatic N) is 15. The van der Waals surface area contributed by atoms with Gasteiger partial charge in [-0.2, -0.15) is 0 Å². The summed E-state index contributed by atoms with van der Waals surface area (Å²) in [7, 11) is 12.5. The highest BCUT2D eigenvalue weighted by atomic mass is 79.9. The van der Waals surface area contributed by atoms with E-state index in [-0.39, 0.29) is 55.3 Å². The summed E-state index contributed by atoms with van der Waals surface area (Å²) in [5.41, 5.74) is 12.4. The summed E-state index contributed by atoms with van der Waals surface area (Å²) in [4.78, 5) is 81.0. The van der Waals surface area contributed by atoms with Gasteiger partial charge in [-0.25, -0.2) is 19.9 Å². The van der Waals surface area contributed by atoms with Crippen LogP contribution < -0.4 is 37.9 Å². The quantitative estimate of drug-likeness (QED) is 0.0814. The first kappa shape index (κ1) is 69.3. The van der Waals surface area contributed by atoms with E-state index in [4.69, 9.17) is 15.8 Å². The number of imidazole rings is 4. The van der Waals surface area contributed by atoms with Gasteiger partial charge in [0.1, 0.15) is 46.5 Å². The number of nitrogens with two attached hydrogens (primary N) is 1.